The molecule has 3 aromatic carbocycles. The molecule has 6 heteroatoms. The predicted molar refractivity (Wildman–Crippen MR) is 137 cm³/mol. The molecule has 0 N–H and O–H groups in total. The predicted octanol–water partition coefficient (Wildman–Crippen LogP) is 6.16. The number of nitrogens with zero attached hydrogens (tertiary/aromatic N) is 2. The van der Waals surface area contributed by atoms with Crippen molar-refractivity contribution in [3.63, 3.8) is 0 Å². The van der Waals surface area contributed by atoms with E-state index < -0.39 is 0 Å². The van der Waals surface area contributed by atoms with Crippen molar-refractivity contribution < 1.29 is 14.2 Å². The Morgan fingerprint density at radius 1 is 0.794 bits per heavy atom. The quantitative estimate of drug-likeness (QED) is 0.366. The molecular formula is C28H33ClN2O3. The summed E-state index contributed by atoms with van der Waals surface area (Å²) in [5, 5.41) is 0.707. The molecule has 180 valence electrons. The highest BCUT2D eigenvalue weighted by Crippen LogP contribution is 2.39. The third-order valence-electron chi connectivity index (χ3n) is 6.26. The van der Waals surface area contributed by atoms with E-state index >= 15 is 0 Å². The number of ether oxygens (including phenoxy) is 3. The van der Waals surface area contributed by atoms with Gasteiger partial charge in [-0.25, -0.2) is 0 Å². The fraction of sp³-hybridized carbons (Fsp3) is 0.357. The molecule has 1 heterocycles. The zero-order chi connectivity index (χ0) is 23.9. The SMILES string of the molecule is CCOc1ccc(Cl)cc1C1N(Cc2ccccc2OC)CCCN1Cc1ccccc1OC. The summed E-state index contributed by atoms with van der Waals surface area (Å²) in [6.07, 6.45) is 1.05. The van der Waals surface area contributed by atoms with Gasteiger partial charge in [0.2, 0.25) is 0 Å². The molecular weight excluding hydrogens is 448 g/mol. The first-order valence-corrected chi connectivity index (χ1v) is 12.2. The molecule has 0 atom stereocenters. The van der Waals surface area contributed by atoms with Gasteiger partial charge < -0.3 is 14.2 Å². The lowest BCUT2D eigenvalue weighted by Gasteiger charge is -2.45. The molecule has 0 saturated carbocycles. The lowest BCUT2D eigenvalue weighted by atomic mass is 10.0. The number of para-hydroxylation sites is 2. The third-order valence-corrected chi connectivity index (χ3v) is 6.50. The van der Waals surface area contributed by atoms with E-state index in [9.17, 15) is 0 Å². The average Bonchev–Trinajstić information content (AvgIpc) is 2.86. The Hall–Kier alpha value is -2.73. The zero-order valence-corrected chi connectivity index (χ0v) is 20.9. The second-order valence-electron chi connectivity index (χ2n) is 8.41. The Kier molecular flexibility index (Phi) is 8.33. The molecule has 0 spiro atoms. The van der Waals surface area contributed by atoms with E-state index in [1.807, 2.05) is 49.4 Å². The van der Waals surface area contributed by atoms with Gasteiger partial charge in [-0.1, -0.05) is 48.0 Å². The minimum atomic E-state index is -0.0103. The third kappa shape index (κ3) is 5.49. The number of rotatable bonds is 9. The Morgan fingerprint density at radius 2 is 1.35 bits per heavy atom. The lowest BCUT2D eigenvalue weighted by Crippen LogP contribution is -2.47. The van der Waals surface area contributed by atoms with E-state index in [1.54, 1.807) is 14.2 Å². The molecule has 4 rings (SSSR count). The van der Waals surface area contributed by atoms with Gasteiger partial charge in [-0.3, -0.25) is 9.80 Å². The van der Waals surface area contributed by atoms with Gasteiger partial charge in [0.05, 0.1) is 27.0 Å². The van der Waals surface area contributed by atoms with Gasteiger partial charge >= 0.3 is 0 Å². The van der Waals surface area contributed by atoms with Crippen LogP contribution in [0.15, 0.2) is 66.7 Å². The van der Waals surface area contributed by atoms with Crippen LogP contribution in [-0.2, 0) is 13.1 Å². The fourth-order valence-electron chi connectivity index (χ4n) is 4.79. The molecule has 0 radical (unpaired) electrons. The van der Waals surface area contributed by atoms with Crippen molar-refractivity contribution in [2.45, 2.75) is 32.6 Å². The lowest BCUT2D eigenvalue weighted by molar-refractivity contribution is -0.0112. The van der Waals surface area contributed by atoms with Crippen molar-refractivity contribution in [3.8, 4) is 17.2 Å². The van der Waals surface area contributed by atoms with Crippen LogP contribution in [0.4, 0.5) is 0 Å². The maximum Gasteiger partial charge on any atom is 0.125 e. The molecule has 34 heavy (non-hydrogen) atoms. The van der Waals surface area contributed by atoms with Crippen molar-refractivity contribution in [3.05, 3.63) is 88.4 Å². The largest absolute Gasteiger partial charge is 0.496 e. The van der Waals surface area contributed by atoms with E-state index in [4.69, 9.17) is 25.8 Å². The summed E-state index contributed by atoms with van der Waals surface area (Å²) < 4.78 is 17.4. The monoisotopic (exact) mass is 480 g/mol. The van der Waals surface area contributed by atoms with Crippen LogP contribution in [0.3, 0.4) is 0 Å². The smallest absolute Gasteiger partial charge is 0.125 e. The first-order chi connectivity index (χ1) is 16.6. The molecule has 5 nitrogen and oxygen atoms in total. The molecule has 3 aromatic rings. The molecule has 1 saturated heterocycles. The number of hydrogen-bond donors (Lipinski definition) is 0. The highest BCUT2D eigenvalue weighted by atomic mass is 35.5. The Bertz CT molecular complexity index is 1030. The molecule has 0 bridgehead atoms. The van der Waals surface area contributed by atoms with Crippen LogP contribution in [0.5, 0.6) is 17.2 Å². The van der Waals surface area contributed by atoms with Gasteiger partial charge in [-0.05, 0) is 43.7 Å². The fourth-order valence-corrected chi connectivity index (χ4v) is 4.97. The highest BCUT2D eigenvalue weighted by molar-refractivity contribution is 6.30. The summed E-state index contributed by atoms with van der Waals surface area (Å²) >= 11 is 6.51. The Labute approximate surface area is 207 Å². The van der Waals surface area contributed by atoms with Gasteiger partial charge in [0, 0.05) is 47.9 Å². The molecule has 0 amide bonds. The van der Waals surface area contributed by atoms with Gasteiger partial charge in [0.1, 0.15) is 17.2 Å². The summed E-state index contributed by atoms with van der Waals surface area (Å²) in [5.74, 6) is 2.67. The van der Waals surface area contributed by atoms with E-state index in [0.29, 0.717) is 11.6 Å². The van der Waals surface area contributed by atoms with Crippen LogP contribution < -0.4 is 14.2 Å². The van der Waals surface area contributed by atoms with Crippen molar-refractivity contribution in [2.24, 2.45) is 0 Å². The zero-order valence-electron chi connectivity index (χ0n) is 20.2. The number of halogens is 1. The molecule has 1 aliphatic heterocycles. The summed E-state index contributed by atoms with van der Waals surface area (Å²) in [6.45, 7) is 6.05. The van der Waals surface area contributed by atoms with Crippen LogP contribution in [0.25, 0.3) is 0 Å². The van der Waals surface area contributed by atoms with Gasteiger partial charge in [0.25, 0.3) is 0 Å². The highest BCUT2D eigenvalue weighted by Gasteiger charge is 2.34. The first-order valence-electron chi connectivity index (χ1n) is 11.8. The summed E-state index contributed by atoms with van der Waals surface area (Å²) in [5.41, 5.74) is 3.40. The van der Waals surface area contributed by atoms with Gasteiger partial charge in [-0.15, -0.1) is 0 Å². The van der Waals surface area contributed by atoms with Crippen LogP contribution in [0.2, 0.25) is 5.02 Å². The molecule has 0 aromatic heterocycles. The normalized spacial score (nSPS) is 15.3. The van der Waals surface area contributed by atoms with Crippen LogP contribution >= 0.6 is 11.6 Å². The second-order valence-corrected chi connectivity index (χ2v) is 8.84. The minimum Gasteiger partial charge on any atom is -0.496 e. The number of hydrogen-bond acceptors (Lipinski definition) is 5. The number of benzene rings is 3. The molecule has 0 unspecified atom stereocenters. The van der Waals surface area contributed by atoms with Crippen molar-refractivity contribution >= 4 is 11.6 Å². The summed E-state index contributed by atoms with van der Waals surface area (Å²) in [6, 6.07) is 22.4. The Balaban J connectivity index is 1.75. The van der Waals surface area contributed by atoms with E-state index in [1.165, 1.54) is 0 Å². The van der Waals surface area contributed by atoms with Gasteiger partial charge in [0.15, 0.2) is 0 Å². The second kappa shape index (κ2) is 11.6. The van der Waals surface area contributed by atoms with Gasteiger partial charge in [-0.2, -0.15) is 0 Å². The number of methoxy groups -OCH3 is 2. The molecule has 1 fully saturated rings. The molecule has 0 aliphatic carbocycles. The summed E-state index contributed by atoms with van der Waals surface area (Å²) in [7, 11) is 3.45. The standard InChI is InChI=1S/C28H33ClN2O3/c1-4-34-27-15-14-23(29)18-24(27)28-30(19-21-10-5-7-12-25(21)32-2)16-9-17-31(28)20-22-11-6-8-13-26(22)33-3/h5-8,10-15,18,28H,4,9,16-17,19-20H2,1-3H3. The van der Waals surface area contributed by atoms with Crippen LogP contribution in [-0.4, -0.2) is 43.7 Å². The maximum atomic E-state index is 6.51. The van der Waals surface area contributed by atoms with E-state index in [2.05, 4.69) is 34.1 Å². The first kappa shape index (κ1) is 24.4. The average molecular weight is 481 g/mol. The maximum absolute atomic E-state index is 6.51. The van der Waals surface area contributed by atoms with Crippen molar-refractivity contribution in [2.75, 3.05) is 33.9 Å². The van der Waals surface area contributed by atoms with E-state index in [-0.39, 0.29) is 6.17 Å². The topological polar surface area (TPSA) is 34.2 Å². The summed E-state index contributed by atoms with van der Waals surface area (Å²) in [4.78, 5) is 4.98. The van der Waals surface area contributed by atoms with Crippen molar-refractivity contribution in [1.29, 1.82) is 0 Å². The van der Waals surface area contributed by atoms with Crippen molar-refractivity contribution in [1.82, 2.24) is 9.80 Å². The van der Waals surface area contributed by atoms with E-state index in [0.717, 1.165) is 66.5 Å². The minimum absolute atomic E-state index is 0.0103. The Morgan fingerprint density at radius 3 is 1.88 bits per heavy atom. The van der Waals surface area contributed by atoms with Crippen LogP contribution in [0, 0.1) is 0 Å². The molecule has 1 aliphatic rings. The van der Waals surface area contributed by atoms with Crippen LogP contribution in [0.1, 0.15) is 36.2 Å².